The van der Waals surface area contributed by atoms with E-state index < -0.39 is 12.1 Å². The van der Waals surface area contributed by atoms with E-state index in [0.717, 1.165) is 51.4 Å². The molecular weight excluding hydrogens is 1010 g/mol. The molecule has 6 heteroatoms. The van der Waals surface area contributed by atoms with Crippen LogP contribution in [-0.4, -0.2) is 47.4 Å². The summed E-state index contributed by atoms with van der Waals surface area (Å²) in [7, 11) is 0. The number of allylic oxidation sites excluding steroid dienone is 6. The first-order valence-corrected chi connectivity index (χ1v) is 37.2. The van der Waals surface area contributed by atoms with E-state index in [0.29, 0.717) is 25.9 Å². The molecule has 0 saturated heterocycles. The van der Waals surface area contributed by atoms with Crippen molar-refractivity contribution in [3.05, 3.63) is 36.5 Å². The lowest BCUT2D eigenvalue weighted by Crippen LogP contribution is -2.45. The van der Waals surface area contributed by atoms with Crippen molar-refractivity contribution in [3.63, 3.8) is 0 Å². The summed E-state index contributed by atoms with van der Waals surface area (Å²) in [6.45, 7) is 4.96. The molecular formula is C76H145NO5. The van der Waals surface area contributed by atoms with Crippen molar-refractivity contribution in [1.82, 2.24) is 5.32 Å². The zero-order chi connectivity index (χ0) is 59.2. The molecule has 0 spiro atoms. The van der Waals surface area contributed by atoms with Crippen LogP contribution >= 0.6 is 0 Å². The van der Waals surface area contributed by atoms with Crippen molar-refractivity contribution in [2.75, 3.05) is 13.2 Å². The predicted octanol–water partition coefficient (Wildman–Crippen LogP) is 24.3. The molecule has 0 aliphatic carbocycles. The van der Waals surface area contributed by atoms with Crippen LogP contribution in [0.1, 0.15) is 412 Å². The number of hydrogen-bond donors (Lipinski definition) is 3. The lowest BCUT2D eigenvalue weighted by molar-refractivity contribution is -0.143. The van der Waals surface area contributed by atoms with Crippen LogP contribution in [0, 0.1) is 0 Å². The minimum Gasteiger partial charge on any atom is -0.466 e. The molecule has 82 heavy (non-hydrogen) atoms. The molecule has 2 unspecified atom stereocenters. The number of unbranched alkanes of at least 4 members (excludes halogenated alkanes) is 53. The number of rotatable bonds is 70. The first-order chi connectivity index (χ1) is 40.5. The summed E-state index contributed by atoms with van der Waals surface area (Å²) >= 11 is 0. The lowest BCUT2D eigenvalue weighted by Gasteiger charge is -2.22. The molecule has 484 valence electrons. The quantitative estimate of drug-likeness (QED) is 0.0320. The van der Waals surface area contributed by atoms with Crippen LogP contribution in [0.25, 0.3) is 0 Å². The number of hydrogen-bond acceptors (Lipinski definition) is 5. The zero-order valence-electron chi connectivity index (χ0n) is 55.5. The molecule has 2 atom stereocenters. The molecule has 1 amide bonds. The Hall–Kier alpha value is -1.92. The number of esters is 1. The zero-order valence-corrected chi connectivity index (χ0v) is 55.5. The summed E-state index contributed by atoms with van der Waals surface area (Å²) in [5.74, 6) is -0.0153. The normalized spacial score (nSPS) is 12.7. The van der Waals surface area contributed by atoms with Crippen LogP contribution in [-0.2, 0) is 14.3 Å². The smallest absolute Gasteiger partial charge is 0.305 e. The van der Waals surface area contributed by atoms with Gasteiger partial charge in [0.1, 0.15) is 0 Å². The standard InChI is InChI=1S/C76H145NO5/c1-3-5-7-9-11-13-14-15-16-40-44-47-50-54-58-62-66-70-76(81)82-71-67-63-59-55-51-48-45-42-39-37-35-33-31-29-27-25-23-21-19-17-18-20-22-24-26-28-30-32-34-36-38-41-43-46-49-53-57-61-65-69-75(80)77-73(72-78)74(79)68-64-60-56-52-12-10-8-6-4-2/h15-18,21,23,73-74,78-79H,3-14,19-20,22,24-72H2,1-2H3,(H,77,80)/b16-15-,18-17-,23-21-. The van der Waals surface area contributed by atoms with Gasteiger partial charge in [0, 0.05) is 12.8 Å². The van der Waals surface area contributed by atoms with E-state index >= 15 is 0 Å². The molecule has 0 rings (SSSR count). The predicted molar refractivity (Wildman–Crippen MR) is 361 cm³/mol. The number of aliphatic hydroxyl groups excluding tert-OH is 2. The summed E-state index contributed by atoms with van der Waals surface area (Å²) < 4.78 is 5.51. The van der Waals surface area contributed by atoms with Gasteiger partial charge in [0.05, 0.1) is 25.4 Å². The average Bonchev–Trinajstić information content (AvgIpc) is 3.48. The summed E-state index contributed by atoms with van der Waals surface area (Å²) in [5, 5.41) is 23.2. The highest BCUT2D eigenvalue weighted by Crippen LogP contribution is 2.19. The van der Waals surface area contributed by atoms with Crippen molar-refractivity contribution in [2.45, 2.75) is 424 Å². The Bertz CT molecular complexity index is 1330. The maximum absolute atomic E-state index is 12.4. The highest BCUT2D eigenvalue weighted by Gasteiger charge is 2.20. The molecule has 0 saturated carbocycles. The van der Waals surface area contributed by atoms with E-state index in [2.05, 4.69) is 55.6 Å². The topological polar surface area (TPSA) is 95.9 Å². The number of nitrogens with one attached hydrogen (secondary N) is 1. The number of carbonyl (C=O) groups is 2. The molecule has 0 bridgehead atoms. The third-order valence-electron chi connectivity index (χ3n) is 17.4. The average molecular weight is 1150 g/mol. The highest BCUT2D eigenvalue weighted by atomic mass is 16.5. The third-order valence-corrected chi connectivity index (χ3v) is 17.4. The fraction of sp³-hybridized carbons (Fsp3) is 0.895. The molecule has 0 aromatic carbocycles. The first kappa shape index (κ1) is 80.1. The van der Waals surface area contributed by atoms with Crippen LogP contribution in [0.5, 0.6) is 0 Å². The molecule has 0 aromatic rings. The van der Waals surface area contributed by atoms with Gasteiger partial charge in [-0.25, -0.2) is 0 Å². The Labute approximate surface area is 513 Å². The minimum atomic E-state index is -0.660. The third kappa shape index (κ3) is 67.2. The van der Waals surface area contributed by atoms with Crippen molar-refractivity contribution < 1.29 is 24.5 Å². The fourth-order valence-corrected chi connectivity index (χ4v) is 11.7. The second kappa shape index (κ2) is 71.6. The van der Waals surface area contributed by atoms with Gasteiger partial charge in [-0.15, -0.1) is 0 Å². The largest absolute Gasteiger partial charge is 0.466 e. The van der Waals surface area contributed by atoms with Gasteiger partial charge in [-0.1, -0.05) is 352 Å². The summed E-state index contributed by atoms with van der Waals surface area (Å²) in [4.78, 5) is 24.5. The van der Waals surface area contributed by atoms with Crippen molar-refractivity contribution in [3.8, 4) is 0 Å². The first-order valence-electron chi connectivity index (χ1n) is 37.2. The lowest BCUT2D eigenvalue weighted by atomic mass is 10.0. The summed E-state index contributed by atoms with van der Waals surface area (Å²) in [5.41, 5.74) is 0. The van der Waals surface area contributed by atoms with Gasteiger partial charge in [-0.05, 0) is 83.5 Å². The Morgan fingerprint density at radius 3 is 0.939 bits per heavy atom. The monoisotopic (exact) mass is 1150 g/mol. The van der Waals surface area contributed by atoms with E-state index in [1.165, 1.54) is 327 Å². The molecule has 0 aliphatic rings. The van der Waals surface area contributed by atoms with Gasteiger partial charge in [-0.2, -0.15) is 0 Å². The Morgan fingerprint density at radius 1 is 0.341 bits per heavy atom. The van der Waals surface area contributed by atoms with E-state index in [1.54, 1.807) is 0 Å². The van der Waals surface area contributed by atoms with E-state index in [1.807, 2.05) is 0 Å². The number of ether oxygens (including phenoxy) is 1. The number of amides is 1. The second-order valence-electron chi connectivity index (χ2n) is 25.6. The second-order valence-corrected chi connectivity index (χ2v) is 25.6. The van der Waals surface area contributed by atoms with Crippen LogP contribution < -0.4 is 5.32 Å². The van der Waals surface area contributed by atoms with Crippen molar-refractivity contribution >= 4 is 11.9 Å². The molecule has 6 nitrogen and oxygen atoms in total. The molecule has 0 fully saturated rings. The maximum Gasteiger partial charge on any atom is 0.305 e. The van der Waals surface area contributed by atoms with Crippen molar-refractivity contribution in [2.24, 2.45) is 0 Å². The molecule has 0 radical (unpaired) electrons. The van der Waals surface area contributed by atoms with Crippen LogP contribution in [0.15, 0.2) is 36.5 Å². The number of carbonyl (C=O) groups excluding carboxylic acids is 2. The Kier molecular flexibility index (Phi) is 69.9. The summed E-state index contributed by atoms with van der Waals surface area (Å²) in [6, 6.07) is -0.537. The van der Waals surface area contributed by atoms with Crippen LogP contribution in [0.2, 0.25) is 0 Å². The SMILES string of the molecule is CCCCCCCC/C=C\CCCCCCCCCC(=O)OCCCCCCCCCCCCCCCCC/C=C\C/C=C\CCCCCCCCCCCCCCCCCCCC(=O)NC(CO)C(O)CCCCCCCCCCC. The van der Waals surface area contributed by atoms with Gasteiger partial charge in [-0.3, -0.25) is 9.59 Å². The van der Waals surface area contributed by atoms with Gasteiger partial charge in [0.2, 0.25) is 5.91 Å². The molecule has 0 aliphatic heterocycles. The number of aliphatic hydroxyl groups is 2. The van der Waals surface area contributed by atoms with E-state index in [-0.39, 0.29) is 18.5 Å². The van der Waals surface area contributed by atoms with E-state index in [4.69, 9.17) is 4.74 Å². The Morgan fingerprint density at radius 2 is 0.610 bits per heavy atom. The summed E-state index contributed by atoms with van der Waals surface area (Å²) in [6.07, 6.45) is 92.4. The van der Waals surface area contributed by atoms with Gasteiger partial charge in [0.15, 0.2) is 0 Å². The Balaban J connectivity index is 3.32. The molecule has 0 heterocycles. The van der Waals surface area contributed by atoms with E-state index in [9.17, 15) is 19.8 Å². The van der Waals surface area contributed by atoms with Crippen LogP contribution in [0.3, 0.4) is 0 Å². The van der Waals surface area contributed by atoms with Crippen LogP contribution in [0.4, 0.5) is 0 Å². The highest BCUT2D eigenvalue weighted by molar-refractivity contribution is 5.76. The fourth-order valence-electron chi connectivity index (χ4n) is 11.7. The maximum atomic E-state index is 12.4. The van der Waals surface area contributed by atoms with Crippen molar-refractivity contribution in [1.29, 1.82) is 0 Å². The van der Waals surface area contributed by atoms with Gasteiger partial charge < -0.3 is 20.3 Å². The molecule has 0 aromatic heterocycles. The van der Waals surface area contributed by atoms with Gasteiger partial charge >= 0.3 is 5.97 Å². The van der Waals surface area contributed by atoms with Gasteiger partial charge in [0.25, 0.3) is 0 Å². The minimum absolute atomic E-state index is 0.0174. The molecule has 3 N–H and O–H groups in total.